The Hall–Kier alpha value is -3.28. The fourth-order valence-corrected chi connectivity index (χ4v) is 2.70. The van der Waals surface area contributed by atoms with Crippen molar-refractivity contribution in [3.05, 3.63) is 70.5 Å². The number of aromatic nitrogens is 2. The summed E-state index contributed by atoms with van der Waals surface area (Å²) in [6.45, 7) is 4.24. The number of aryl methyl sites for hydroxylation is 2. The minimum Gasteiger partial charge on any atom is -0.366 e. The number of hydrogen-bond donors (Lipinski definition) is 1. The molecule has 26 heavy (non-hydrogen) atoms. The quantitative estimate of drug-likeness (QED) is 0.785. The highest BCUT2D eigenvalue weighted by molar-refractivity contribution is 5.97. The Labute approximate surface area is 151 Å². The summed E-state index contributed by atoms with van der Waals surface area (Å²) >= 11 is 0. The number of nitrogens with zero attached hydrogens (tertiary/aromatic N) is 3. The van der Waals surface area contributed by atoms with Gasteiger partial charge in [-0.15, -0.1) is 0 Å². The van der Waals surface area contributed by atoms with E-state index in [0.29, 0.717) is 23.2 Å². The van der Waals surface area contributed by atoms with E-state index in [0.717, 1.165) is 22.5 Å². The fraction of sp³-hybridized carbons (Fsp3) is 0.200. The van der Waals surface area contributed by atoms with Crippen molar-refractivity contribution in [2.75, 3.05) is 7.05 Å². The molecule has 3 rings (SSSR count). The van der Waals surface area contributed by atoms with E-state index in [1.54, 1.807) is 48.3 Å². The topological polar surface area (TPSA) is 89.2 Å². The molecule has 6 heteroatoms. The standard InChI is InChI=1S/C20H20N4O2/c1-12-13(2)23-18-10-16(8-9-17(18)22-12)20(26)24(3)11-14-4-6-15(7-5-14)19(21)25/h4-10H,11H2,1-3H3,(H2,21,25). The summed E-state index contributed by atoms with van der Waals surface area (Å²) in [4.78, 5) is 34.5. The van der Waals surface area contributed by atoms with Crippen LogP contribution in [0.15, 0.2) is 42.5 Å². The van der Waals surface area contributed by atoms with Gasteiger partial charge in [-0.1, -0.05) is 12.1 Å². The fourth-order valence-electron chi connectivity index (χ4n) is 2.70. The number of fused-ring (bicyclic) bond motifs is 1. The number of primary amides is 1. The third kappa shape index (κ3) is 3.54. The van der Waals surface area contributed by atoms with Gasteiger partial charge in [0.15, 0.2) is 0 Å². The van der Waals surface area contributed by atoms with Crippen LogP contribution in [0.1, 0.15) is 37.7 Å². The molecule has 0 saturated heterocycles. The molecule has 0 aliphatic carbocycles. The zero-order chi connectivity index (χ0) is 18.8. The molecule has 0 unspecified atom stereocenters. The van der Waals surface area contributed by atoms with Gasteiger partial charge in [0.25, 0.3) is 5.91 Å². The SMILES string of the molecule is Cc1nc2ccc(C(=O)N(C)Cc3ccc(C(N)=O)cc3)cc2nc1C. The first-order valence-electron chi connectivity index (χ1n) is 8.24. The highest BCUT2D eigenvalue weighted by atomic mass is 16.2. The Morgan fingerprint density at radius 3 is 2.12 bits per heavy atom. The van der Waals surface area contributed by atoms with Crippen LogP contribution < -0.4 is 5.73 Å². The highest BCUT2D eigenvalue weighted by Crippen LogP contribution is 2.16. The van der Waals surface area contributed by atoms with Gasteiger partial charge in [-0.2, -0.15) is 0 Å². The maximum Gasteiger partial charge on any atom is 0.253 e. The van der Waals surface area contributed by atoms with Crippen molar-refractivity contribution in [2.45, 2.75) is 20.4 Å². The number of amides is 2. The van der Waals surface area contributed by atoms with Crippen LogP contribution in [0.25, 0.3) is 11.0 Å². The van der Waals surface area contributed by atoms with E-state index in [1.165, 1.54) is 0 Å². The van der Waals surface area contributed by atoms with E-state index >= 15 is 0 Å². The summed E-state index contributed by atoms with van der Waals surface area (Å²) in [5.74, 6) is -0.574. The van der Waals surface area contributed by atoms with Crippen LogP contribution in [0, 0.1) is 13.8 Å². The Morgan fingerprint density at radius 2 is 1.50 bits per heavy atom. The molecule has 6 nitrogen and oxygen atoms in total. The van der Waals surface area contributed by atoms with Crippen molar-refractivity contribution in [3.63, 3.8) is 0 Å². The molecule has 0 aliphatic heterocycles. The molecule has 0 bridgehead atoms. The smallest absolute Gasteiger partial charge is 0.253 e. The van der Waals surface area contributed by atoms with Gasteiger partial charge in [0, 0.05) is 24.7 Å². The summed E-state index contributed by atoms with van der Waals surface area (Å²) in [5, 5.41) is 0. The van der Waals surface area contributed by atoms with Gasteiger partial charge in [-0.05, 0) is 49.7 Å². The molecule has 3 aromatic rings. The van der Waals surface area contributed by atoms with E-state index in [-0.39, 0.29) is 5.91 Å². The van der Waals surface area contributed by atoms with Crippen molar-refractivity contribution in [2.24, 2.45) is 5.73 Å². The van der Waals surface area contributed by atoms with E-state index in [4.69, 9.17) is 5.73 Å². The average Bonchev–Trinajstić information content (AvgIpc) is 2.62. The van der Waals surface area contributed by atoms with Crippen molar-refractivity contribution in [1.82, 2.24) is 14.9 Å². The Morgan fingerprint density at radius 1 is 0.923 bits per heavy atom. The van der Waals surface area contributed by atoms with E-state index in [2.05, 4.69) is 9.97 Å². The molecule has 1 aromatic heterocycles. The molecule has 2 aromatic carbocycles. The third-order valence-corrected chi connectivity index (χ3v) is 4.33. The summed E-state index contributed by atoms with van der Waals surface area (Å²) in [7, 11) is 1.74. The van der Waals surface area contributed by atoms with Crippen LogP contribution in [0.2, 0.25) is 0 Å². The molecular formula is C20H20N4O2. The molecule has 2 amide bonds. The number of nitrogens with two attached hydrogens (primary N) is 1. The summed E-state index contributed by atoms with van der Waals surface area (Å²) < 4.78 is 0. The predicted octanol–water partition coefficient (Wildman–Crippen LogP) is 2.62. The second-order valence-electron chi connectivity index (χ2n) is 6.32. The van der Waals surface area contributed by atoms with Crippen LogP contribution in [-0.4, -0.2) is 33.7 Å². The monoisotopic (exact) mass is 348 g/mol. The molecule has 2 N–H and O–H groups in total. The summed E-state index contributed by atoms with van der Waals surface area (Å²) in [6, 6.07) is 12.3. The number of carbonyl (C=O) groups excluding carboxylic acids is 2. The number of hydrogen-bond acceptors (Lipinski definition) is 4. The largest absolute Gasteiger partial charge is 0.366 e. The molecular weight excluding hydrogens is 328 g/mol. The van der Waals surface area contributed by atoms with Gasteiger partial charge in [-0.25, -0.2) is 9.97 Å². The van der Waals surface area contributed by atoms with Crippen LogP contribution in [0.3, 0.4) is 0 Å². The molecule has 1 heterocycles. The molecule has 0 saturated carbocycles. The molecule has 0 aliphatic rings. The Kier molecular flexibility index (Phi) is 4.67. The van der Waals surface area contributed by atoms with Gasteiger partial charge in [0.1, 0.15) is 0 Å². The van der Waals surface area contributed by atoms with Crippen LogP contribution >= 0.6 is 0 Å². The van der Waals surface area contributed by atoms with Crippen LogP contribution in [0.4, 0.5) is 0 Å². The third-order valence-electron chi connectivity index (χ3n) is 4.33. The average molecular weight is 348 g/mol. The summed E-state index contributed by atoms with van der Waals surface area (Å²) in [5.41, 5.74) is 10.4. The normalized spacial score (nSPS) is 10.7. The molecule has 0 atom stereocenters. The van der Waals surface area contributed by atoms with Crippen molar-refractivity contribution < 1.29 is 9.59 Å². The van der Waals surface area contributed by atoms with Crippen LogP contribution in [-0.2, 0) is 6.54 Å². The lowest BCUT2D eigenvalue weighted by molar-refractivity contribution is 0.0785. The lowest BCUT2D eigenvalue weighted by Gasteiger charge is -2.18. The lowest BCUT2D eigenvalue weighted by Crippen LogP contribution is -2.26. The zero-order valence-corrected chi connectivity index (χ0v) is 15.0. The number of benzene rings is 2. The van der Waals surface area contributed by atoms with Gasteiger partial charge in [0.05, 0.1) is 22.4 Å². The zero-order valence-electron chi connectivity index (χ0n) is 15.0. The van der Waals surface area contributed by atoms with Crippen LogP contribution in [0.5, 0.6) is 0 Å². The molecule has 0 spiro atoms. The van der Waals surface area contributed by atoms with E-state index in [9.17, 15) is 9.59 Å². The highest BCUT2D eigenvalue weighted by Gasteiger charge is 2.14. The van der Waals surface area contributed by atoms with Gasteiger partial charge < -0.3 is 10.6 Å². The lowest BCUT2D eigenvalue weighted by atomic mass is 10.1. The van der Waals surface area contributed by atoms with E-state index < -0.39 is 5.91 Å². The number of rotatable bonds is 4. The molecule has 0 fully saturated rings. The summed E-state index contributed by atoms with van der Waals surface area (Å²) in [6.07, 6.45) is 0. The second-order valence-corrected chi connectivity index (χ2v) is 6.32. The van der Waals surface area contributed by atoms with Crippen molar-refractivity contribution >= 4 is 22.8 Å². The maximum atomic E-state index is 12.7. The van der Waals surface area contributed by atoms with Crippen molar-refractivity contribution in [1.29, 1.82) is 0 Å². The molecule has 0 radical (unpaired) electrons. The van der Waals surface area contributed by atoms with E-state index in [1.807, 2.05) is 19.9 Å². The van der Waals surface area contributed by atoms with Gasteiger partial charge in [0.2, 0.25) is 5.91 Å². The first kappa shape index (κ1) is 17.5. The predicted molar refractivity (Wildman–Crippen MR) is 99.8 cm³/mol. The van der Waals surface area contributed by atoms with Crippen molar-refractivity contribution in [3.8, 4) is 0 Å². The van der Waals surface area contributed by atoms with Gasteiger partial charge in [-0.3, -0.25) is 9.59 Å². The minimum atomic E-state index is -0.469. The minimum absolute atomic E-state index is 0.106. The Bertz CT molecular complexity index is 997. The Balaban J connectivity index is 1.80. The molecule has 132 valence electrons. The maximum absolute atomic E-state index is 12.7. The van der Waals surface area contributed by atoms with Gasteiger partial charge >= 0.3 is 0 Å². The second kappa shape index (κ2) is 6.92. The first-order valence-corrected chi connectivity index (χ1v) is 8.24. The number of carbonyl (C=O) groups is 2. The first-order chi connectivity index (χ1) is 12.3.